The van der Waals surface area contributed by atoms with Crippen LogP contribution in [-0.4, -0.2) is 21.4 Å². The van der Waals surface area contributed by atoms with Gasteiger partial charge in [0, 0.05) is 0 Å². The van der Waals surface area contributed by atoms with Gasteiger partial charge < -0.3 is 10.1 Å². The summed E-state index contributed by atoms with van der Waals surface area (Å²) in [5.74, 6) is -0.444. The van der Waals surface area contributed by atoms with E-state index in [4.69, 9.17) is 4.74 Å². The third kappa shape index (κ3) is 5.45. The predicted octanol–water partition coefficient (Wildman–Crippen LogP) is 4.82. The van der Waals surface area contributed by atoms with Crippen LogP contribution in [0, 0.1) is 12.7 Å². The molecule has 0 aliphatic carbocycles. The molecule has 6 nitrogen and oxygen atoms in total. The predicted molar refractivity (Wildman–Crippen MR) is 122 cm³/mol. The second-order valence-electron chi connectivity index (χ2n) is 7.32. The number of halogens is 1. The number of methoxy groups -OCH3 is 1. The van der Waals surface area contributed by atoms with E-state index in [0.717, 1.165) is 11.1 Å². The molecule has 2 N–H and O–H groups in total. The second-order valence-corrected chi connectivity index (χ2v) is 9.00. The average molecular weight is 457 g/mol. The lowest BCUT2D eigenvalue weighted by atomic mass is 10.0. The van der Waals surface area contributed by atoms with Gasteiger partial charge in [-0.2, -0.15) is 0 Å². The van der Waals surface area contributed by atoms with Gasteiger partial charge in [-0.05, 0) is 61.4 Å². The summed E-state index contributed by atoms with van der Waals surface area (Å²) in [6.07, 6.45) is 0.561. The van der Waals surface area contributed by atoms with Gasteiger partial charge in [0.05, 0.1) is 29.3 Å². The molecule has 0 aliphatic heterocycles. The Labute approximate surface area is 187 Å². The zero-order chi connectivity index (χ0) is 23.3. The van der Waals surface area contributed by atoms with Crippen LogP contribution in [-0.2, 0) is 10.0 Å². The van der Waals surface area contributed by atoms with E-state index in [1.807, 2.05) is 13.8 Å². The van der Waals surface area contributed by atoms with Gasteiger partial charge in [-0.15, -0.1) is 0 Å². The van der Waals surface area contributed by atoms with Crippen molar-refractivity contribution in [2.24, 2.45) is 0 Å². The molecule has 3 aromatic carbocycles. The van der Waals surface area contributed by atoms with Crippen molar-refractivity contribution in [2.75, 3.05) is 11.8 Å². The Hall–Kier alpha value is -3.39. The van der Waals surface area contributed by atoms with Gasteiger partial charge in [0.1, 0.15) is 11.6 Å². The minimum Gasteiger partial charge on any atom is -0.497 e. The number of nitrogens with one attached hydrogen (secondary N) is 2. The minimum atomic E-state index is -3.91. The second kappa shape index (κ2) is 9.82. The SMILES string of the molecule is CCC(NC(=O)c1cc(OC)ccc1NS(=O)(=O)c1ccc(C)cc1)c1ccc(F)cc1. The molecule has 0 saturated carbocycles. The molecule has 0 radical (unpaired) electrons. The van der Waals surface area contributed by atoms with Crippen LogP contribution in [0.1, 0.15) is 40.9 Å². The van der Waals surface area contributed by atoms with Gasteiger partial charge in [-0.25, -0.2) is 12.8 Å². The number of hydrogen-bond donors (Lipinski definition) is 2. The first-order valence-electron chi connectivity index (χ1n) is 10.1. The molecule has 1 unspecified atom stereocenters. The van der Waals surface area contributed by atoms with Crippen molar-refractivity contribution in [1.29, 1.82) is 0 Å². The van der Waals surface area contributed by atoms with E-state index in [1.54, 1.807) is 30.3 Å². The summed E-state index contributed by atoms with van der Waals surface area (Å²) in [6.45, 7) is 3.75. The average Bonchev–Trinajstić information content (AvgIpc) is 2.78. The highest BCUT2D eigenvalue weighted by molar-refractivity contribution is 7.92. The summed E-state index contributed by atoms with van der Waals surface area (Å²) >= 11 is 0. The van der Waals surface area contributed by atoms with Gasteiger partial charge in [-0.1, -0.05) is 36.8 Å². The van der Waals surface area contributed by atoms with Crippen LogP contribution in [0.2, 0.25) is 0 Å². The molecule has 1 amide bonds. The normalized spacial score (nSPS) is 12.1. The topological polar surface area (TPSA) is 84.5 Å². The van der Waals surface area contributed by atoms with E-state index in [9.17, 15) is 17.6 Å². The summed E-state index contributed by atoms with van der Waals surface area (Å²) in [6, 6.07) is 16.4. The maximum atomic E-state index is 13.3. The Kier molecular flexibility index (Phi) is 7.15. The molecular weight excluding hydrogens is 431 g/mol. The monoisotopic (exact) mass is 456 g/mol. The van der Waals surface area contributed by atoms with E-state index in [0.29, 0.717) is 12.2 Å². The number of ether oxygens (including phenoxy) is 1. The molecule has 32 heavy (non-hydrogen) atoms. The number of amides is 1. The van der Waals surface area contributed by atoms with Crippen molar-refractivity contribution in [1.82, 2.24) is 5.32 Å². The van der Waals surface area contributed by atoms with E-state index in [-0.39, 0.29) is 28.0 Å². The fourth-order valence-corrected chi connectivity index (χ4v) is 4.28. The maximum absolute atomic E-state index is 13.3. The van der Waals surface area contributed by atoms with Crippen LogP contribution < -0.4 is 14.8 Å². The van der Waals surface area contributed by atoms with Crippen LogP contribution in [0.4, 0.5) is 10.1 Å². The van der Waals surface area contributed by atoms with Crippen LogP contribution in [0.3, 0.4) is 0 Å². The lowest BCUT2D eigenvalue weighted by Crippen LogP contribution is -2.29. The number of benzene rings is 3. The Balaban J connectivity index is 1.92. The molecule has 3 rings (SSSR count). The van der Waals surface area contributed by atoms with Crippen LogP contribution in [0.15, 0.2) is 71.6 Å². The van der Waals surface area contributed by atoms with Crippen molar-refractivity contribution in [2.45, 2.75) is 31.2 Å². The number of rotatable bonds is 8. The third-order valence-corrected chi connectivity index (χ3v) is 6.41. The van der Waals surface area contributed by atoms with Crippen molar-refractivity contribution in [3.05, 3.63) is 89.2 Å². The molecule has 0 fully saturated rings. The summed E-state index contributed by atoms with van der Waals surface area (Å²) in [5.41, 5.74) is 1.91. The summed E-state index contributed by atoms with van der Waals surface area (Å²) in [4.78, 5) is 13.2. The zero-order valence-electron chi connectivity index (χ0n) is 18.1. The van der Waals surface area contributed by atoms with Crippen molar-refractivity contribution < 1.29 is 22.3 Å². The van der Waals surface area contributed by atoms with E-state index < -0.39 is 15.9 Å². The molecule has 0 spiro atoms. The Morgan fingerprint density at radius 3 is 2.28 bits per heavy atom. The molecular formula is C24H25FN2O4S. The van der Waals surface area contributed by atoms with E-state index in [2.05, 4.69) is 10.0 Å². The van der Waals surface area contributed by atoms with E-state index in [1.165, 1.54) is 43.5 Å². The fourth-order valence-electron chi connectivity index (χ4n) is 3.20. The Bertz CT molecular complexity index is 1190. The standard InChI is InChI=1S/C24H25FN2O4S/c1-4-22(17-7-9-18(25)10-8-17)26-24(28)21-15-19(31-3)11-14-23(21)27-32(29,30)20-12-5-16(2)6-13-20/h5-15,22,27H,4H2,1-3H3,(H,26,28). The first-order chi connectivity index (χ1) is 15.2. The smallest absolute Gasteiger partial charge is 0.261 e. The van der Waals surface area contributed by atoms with Crippen LogP contribution in [0.25, 0.3) is 0 Å². The first kappa shape index (κ1) is 23.3. The summed E-state index contributed by atoms with van der Waals surface area (Å²) in [7, 11) is -2.45. The molecule has 1 atom stereocenters. The number of sulfonamides is 1. The lowest BCUT2D eigenvalue weighted by Gasteiger charge is -2.19. The van der Waals surface area contributed by atoms with E-state index >= 15 is 0 Å². The molecule has 0 aromatic heterocycles. The molecule has 8 heteroatoms. The van der Waals surface area contributed by atoms with Crippen molar-refractivity contribution in [3.8, 4) is 5.75 Å². The largest absolute Gasteiger partial charge is 0.497 e. The fraction of sp³-hybridized carbons (Fsp3) is 0.208. The van der Waals surface area contributed by atoms with Gasteiger partial charge in [-0.3, -0.25) is 9.52 Å². The number of hydrogen-bond acceptors (Lipinski definition) is 4. The minimum absolute atomic E-state index is 0.0861. The molecule has 0 saturated heterocycles. The number of carbonyl (C=O) groups excluding carboxylic acids is 1. The van der Waals surface area contributed by atoms with Crippen LogP contribution >= 0.6 is 0 Å². The molecule has 0 bridgehead atoms. The Morgan fingerprint density at radius 2 is 1.69 bits per heavy atom. The highest BCUT2D eigenvalue weighted by Gasteiger charge is 2.22. The summed E-state index contributed by atoms with van der Waals surface area (Å²) in [5, 5.41) is 2.89. The summed E-state index contributed by atoms with van der Waals surface area (Å²) < 4.78 is 46.7. The third-order valence-electron chi connectivity index (χ3n) is 5.03. The zero-order valence-corrected chi connectivity index (χ0v) is 18.9. The molecule has 0 heterocycles. The molecule has 0 aliphatic rings. The lowest BCUT2D eigenvalue weighted by molar-refractivity contribution is 0.0936. The number of aryl methyl sites for hydroxylation is 1. The quantitative estimate of drug-likeness (QED) is 0.509. The van der Waals surface area contributed by atoms with Crippen molar-refractivity contribution >= 4 is 21.6 Å². The Morgan fingerprint density at radius 1 is 1.03 bits per heavy atom. The van der Waals surface area contributed by atoms with Gasteiger partial charge in [0.15, 0.2) is 0 Å². The molecule has 168 valence electrons. The van der Waals surface area contributed by atoms with Gasteiger partial charge in [0.2, 0.25) is 0 Å². The first-order valence-corrected chi connectivity index (χ1v) is 11.6. The highest BCUT2D eigenvalue weighted by atomic mass is 32.2. The molecule has 3 aromatic rings. The van der Waals surface area contributed by atoms with Gasteiger partial charge >= 0.3 is 0 Å². The van der Waals surface area contributed by atoms with Gasteiger partial charge in [0.25, 0.3) is 15.9 Å². The van der Waals surface area contributed by atoms with Crippen molar-refractivity contribution in [3.63, 3.8) is 0 Å². The number of carbonyl (C=O) groups is 1. The highest BCUT2D eigenvalue weighted by Crippen LogP contribution is 2.26. The number of anilines is 1. The van der Waals surface area contributed by atoms with Crippen LogP contribution in [0.5, 0.6) is 5.75 Å². The maximum Gasteiger partial charge on any atom is 0.261 e.